The van der Waals surface area contributed by atoms with Gasteiger partial charge in [-0.25, -0.2) is 4.98 Å². The number of hydrogen-bond donors (Lipinski definition) is 1. The van der Waals surface area contributed by atoms with Crippen LogP contribution in [0.1, 0.15) is 26.0 Å². The van der Waals surface area contributed by atoms with E-state index >= 15 is 0 Å². The number of anilines is 1. The Morgan fingerprint density at radius 3 is 2.74 bits per heavy atom. The van der Waals surface area contributed by atoms with Gasteiger partial charge in [-0.15, -0.1) is 23.2 Å². The van der Waals surface area contributed by atoms with Gasteiger partial charge in [-0.1, -0.05) is 13.8 Å². The molecule has 0 aromatic carbocycles. The molecule has 4 nitrogen and oxygen atoms in total. The lowest BCUT2D eigenvalue weighted by molar-refractivity contribution is 0.287. The number of aryl methyl sites for hydroxylation is 1. The zero-order chi connectivity index (χ0) is 14.0. The van der Waals surface area contributed by atoms with Crippen LogP contribution in [-0.4, -0.2) is 27.5 Å². The molecule has 1 aliphatic carbocycles. The van der Waals surface area contributed by atoms with Gasteiger partial charge in [0.2, 0.25) is 11.8 Å². The van der Waals surface area contributed by atoms with E-state index in [-0.39, 0.29) is 5.92 Å². The van der Waals surface area contributed by atoms with Crippen LogP contribution in [-0.2, 0) is 0 Å². The van der Waals surface area contributed by atoms with Crippen molar-refractivity contribution in [2.75, 3.05) is 18.5 Å². The van der Waals surface area contributed by atoms with Crippen molar-refractivity contribution >= 4 is 29.2 Å². The molecule has 1 unspecified atom stereocenters. The molecule has 6 heteroatoms. The fraction of sp³-hybridized carbons (Fsp3) is 0.692. The summed E-state index contributed by atoms with van der Waals surface area (Å²) < 4.78 is 5.02. The third-order valence-electron chi connectivity index (χ3n) is 2.89. The van der Waals surface area contributed by atoms with Crippen LogP contribution in [0.25, 0.3) is 0 Å². The smallest absolute Gasteiger partial charge is 0.226 e. The van der Waals surface area contributed by atoms with Gasteiger partial charge >= 0.3 is 0 Å². The van der Waals surface area contributed by atoms with Gasteiger partial charge in [0, 0.05) is 24.2 Å². The van der Waals surface area contributed by atoms with Crippen molar-refractivity contribution in [3.63, 3.8) is 0 Å². The summed E-state index contributed by atoms with van der Waals surface area (Å²) in [6, 6.07) is 1.81. The molecule has 0 saturated heterocycles. The molecule has 1 fully saturated rings. The van der Waals surface area contributed by atoms with Gasteiger partial charge in [0.25, 0.3) is 0 Å². The molecule has 19 heavy (non-hydrogen) atoms. The lowest BCUT2D eigenvalue weighted by Gasteiger charge is -2.10. The second-order valence-corrected chi connectivity index (χ2v) is 6.96. The van der Waals surface area contributed by atoms with E-state index < -0.39 is 4.33 Å². The maximum Gasteiger partial charge on any atom is 0.226 e. The maximum atomic E-state index is 5.96. The number of aromatic nitrogens is 2. The number of nitrogens with one attached hydrogen (secondary N) is 1. The monoisotopic (exact) mass is 303 g/mol. The molecule has 106 valence electrons. The number of alkyl halides is 2. The lowest BCUT2D eigenvalue weighted by atomic mass is 10.2. The molecule has 1 saturated carbocycles. The number of rotatable bonds is 6. The van der Waals surface area contributed by atoms with Crippen LogP contribution in [0.5, 0.6) is 5.88 Å². The molecule has 0 bridgehead atoms. The van der Waals surface area contributed by atoms with Crippen LogP contribution in [0.15, 0.2) is 6.07 Å². The van der Waals surface area contributed by atoms with E-state index in [4.69, 9.17) is 27.9 Å². The Hall–Kier alpha value is -0.740. The Balaban J connectivity index is 1.92. The van der Waals surface area contributed by atoms with Crippen LogP contribution >= 0.6 is 23.2 Å². The predicted molar refractivity (Wildman–Crippen MR) is 78.1 cm³/mol. The van der Waals surface area contributed by atoms with Gasteiger partial charge in [-0.05, 0) is 19.3 Å². The van der Waals surface area contributed by atoms with Gasteiger partial charge in [0.15, 0.2) is 0 Å². The highest BCUT2D eigenvalue weighted by Gasteiger charge is 2.52. The van der Waals surface area contributed by atoms with E-state index in [1.165, 1.54) is 0 Å². The molecule has 0 spiro atoms. The zero-order valence-corrected chi connectivity index (χ0v) is 12.9. The molecule has 0 radical (unpaired) electrons. The standard InChI is InChI=1S/C13H19Cl2N3O/c1-8(2)6-16-12-17-9(3)4-11(18-12)19-7-10-5-13(10,14)15/h4,8,10H,5-7H2,1-3H3,(H,16,17,18). The number of hydrogen-bond acceptors (Lipinski definition) is 4. The van der Waals surface area contributed by atoms with E-state index in [1.807, 2.05) is 13.0 Å². The first-order valence-corrected chi connectivity index (χ1v) is 7.22. The highest BCUT2D eigenvalue weighted by Crippen LogP contribution is 2.53. The van der Waals surface area contributed by atoms with Gasteiger partial charge in [-0.3, -0.25) is 0 Å². The number of nitrogens with zero attached hydrogens (tertiary/aromatic N) is 2. The molecule has 0 amide bonds. The summed E-state index contributed by atoms with van der Waals surface area (Å²) in [5.41, 5.74) is 0.870. The first-order chi connectivity index (χ1) is 8.87. The van der Waals surface area contributed by atoms with Crippen LogP contribution in [0.3, 0.4) is 0 Å². The second kappa shape index (κ2) is 5.71. The van der Waals surface area contributed by atoms with Crippen LogP contribution in [0, 0.1) is 18.8 Å². The summed E-state index contributed by atoms with van der Waals surface area (Å²) in [6.07, 6.45) is 0.776. The normalized spacial score (nSPS) is 20.4. The Kier molecular flexibility index (Phi) is 4.41. The van der Waals surface area contributed by atoms with Gasteiger partial charge in [0.1, 0.15) is 4.33 Å². The molecule has 1 aromatic rings. The SMILES string of the molecule is Cc1cc(OCC2CC2(Cl)Cl)nc(NCC(C)C)n1. The van der Waals surface area contributed by atoms with E-state index in [0.29, 0.717) is 24.4 Å². The lowest BCUT2D eigenvalue weighted by Crippen LogP contribution is -2.12. The van der Waals surface area contributed by atoms with E-state index in [0.717, 1.165) is 18.7 Å². The molecule has 1 N–H and O–H groups in total. The first-order valence-electron chi connectivity index (χ1n) is 6.47. The van der Waals surface area contributed by atoms with E-state index in [1.54, 1.807) is 0 Å². The summed E-state index contributed by atoms with van der Waals surface area (Å²) in [6.45, 7) is 7.51. The Morgan fingerprint density at radius 2 is 2.16 bits per heavy atom. The minimum Gasteiger partial charge on any atom is -0.477 e. The van der Waals surface area contributed by atoms with Crippen molar-refractivity contribution in [2.24, 2.45) is 11.8 Å². The molecule has 2 rings (SSSR count). The van der Waals surface area contributed by atoms with Gasteiger partial charge < -0.3 is 10.1 Å². The number of halogens is 2. The van der Waals surface area contributed by atoms with Gasteiger partial charge in [0.05, 0.1) is 6.61 Å². The Labute approximate surface area is 123 Å². The largest absolute Gasteiger partial charge is 0.477 e. The van der Waals surface area contributed by atoms with Crippen molar-refractivity contribution in [1.82, 2.24) is 9.97 Å². The summed E-state index contributed by atoms with van der Waals surface area (Å²) >= 11 is 11.9. The third kappa shape index (κ3) is 4.39. The molecular weight excluding hydrogens is 285 g/mol. The summed E-state index contributed by atoms with van der Waals surface area (Å²) in [4.78, 5) is 8.65. The third-order valence-corrected chi connectivity index (χ3v) is 3.81. The van der Waals surface area contributed by atoms with Crippen molar-refractivity contribution in [1.29, 1.82) is 0 Å². The highest BCUT2D eigenvalue weighted by atomic mass is 35.5. The van der Waals surface area contributed by atoms with Crippen LogP contribution < -0.4 is 10.1 Å². The second-order valence-electron chi connectivity index (χ2n) is 5.42. The first kappa shape index (κ1) is 14.7. The number of ether oxygens (including phenoxy) is 1. The van der Waals surface area contributed by atoms with E-state index in [9.17, 15) is 0 Å². The Morgan fingerprint density at radius 1 is 1.47 bits per heavy atom. The topological polar surface area (TPSA) is 47.0 Å². The maximum absolute atomic E-state index is 5.96. The molecule has 1 atom stereocenters. The molecule has 0 aliphatic heterocycles. The summed E-state index contributed by atoms with van der Waals surface area (Å²) in [5.74, 6) is 1.89. The van der Waals surface area contributed by atoms with Crippen molar-refractivity contribution in [3.8, 4) is 5.88 Å². The fourth-order valence-electron chi connectivity index (χ4n) is 1.62. The van der Waals surface area contributed by atoms with Crippen molar-refractivity contribution < 1.29 is 4.74 Å². The average Bonchev–Trinajstić information content (AvgIpc) is 2.91. The summed E-state index contributed by atoms with van der Waals surface area (Å²) in [7, 11) is 0. The van der Waals surface area contributed by atoms with E-state index in [2.05, 4.69) is 29.1 Å². The van der Waals surface area contributed by atoms with Crippen LogP contribution in [0.4, 0.5) is 5.95 Å². The van der Waals surface area contributed by atoms with Gasteiger partial charge in [-0.2, -0.15) is 4.98 Å². The zero-order valence-electron chi connectivity index (χ0n) is 11.4. The fourth-order valence-corrected chi connectivity index (χ4v) is 2.12. The molecule has 1 heterocycles. The highest BCUT2D eigenvalue weighted by molar-refractivity contribution is 6.50. The van der Waals surface area contributed by atoms with Crippen molar-refractivity contribution in [3.05, 3.63) is 11.8 Å². The Bertz CT molecular complexity index is 452. The molecule has 1 aromatic heterocycles. The molecule has 1 aliphatic rings. The van der Waals surface area contributed by atoms with Crippen molar-refractivity contribution in [2.45, 2.75) is 31.5 Å². The van der Waals surface area contributed by atoms with Crippen LogP contribution in [0.2, 0.25) is 0 Å². The minimum atomic E-state index is -0.610. The minimum absolute atomic E-state index is 0.193. The average molecular weight is 304 g/mol. The predicted octanol–water partition coefficient (Wildman–Crippen LogP) is 3.43. The summed E-state index contributed by atoms with van der Waals surface area (Å²) in [5, 5.41) is 3.19. The quantitative estimate of drug-likeness (QED) is 0.818. The molecular formula is C13H19Cl2N3O.